The molecular weight excluding hydrogens is 383 g/mol. The van der Waals surface area contributed by atoms with Crippen molar-refractivity contribution in [3.8, 4) is 0 Å². The molecule has 1 aromatic carbocycles. The summed E-state index contributed by atoms with van der Waals surface area (Å²) in [7, 11) is 0. The van der Waals surface area contributed by atoms with Crippen molar-refractivity contribution in [2.45, 2.75) is 45.5 Å². The summed E-state index contributed by atoms with van der Waals surface area (Å²) in [5, 5.41) is 8.18. The Morgan fingerprint density at radius 1 is 1.28 bits per heavy atom. The van der Waals surface area contributed by atoms with Gasteiger partial charge in [0.05, 0.1) is 17.8 Å². The zero-order valence-electron chi connectivity index (χ0n) is 16.7. The molecule has 1 aliphatic heterocycles. The highest BCUT2D eigenvalue weighted by molar-refractivity contribution is 5.91. The molecule has 2 aromatic rings. The maximum atomic E-state index is 12.9. The SMILES string of the molecule is CCN(CC)C(=O)c1cn(C2CCCN(Cc3cccc(C(F)(F)F)c3)C2)nn1. The van der Waals surface area contributed by atoms with Gasteiger partial charge in [0.1, 0.15) is 0 Å². The molecule has 0 N–H and O–H groups in total. The van der Waals surface area contributed by atoms with Crippen LogP contribution in [0.2, 0.25) is 0 Å². The zero-order chi connectivity index (χ0) is 21.0. The Bertz CT molecular complexity index is 832. The third kappa shape index (κ3) is 5.14. The fourth-order valence-electron chi connectivity index (χ4n) is 3.72. The lowest BCUT2D eigenvalue weighted by Crippen LogP contribution is -2.36. The molecule has 29 heavy (non-hydrogen) atoms. The van der Waals surface area contributed by atoms with Crippen LogP contribution in [0.25, 0.3) is 0 Å². The minimum atomic E-state index is -4.34. The molecule has 6 nitrogen and oxygen atoms in total. The van der Waals surface area contributed by atoms with E-state index in [2.05, 4.69) is 15.2 Å². The van der Waals surface area contributed by atoms with Crippen molar-refractivity contribution < 1.29 is 18.0 Å². The van der Waals surface area contributed by atoms with Gasteiger partial charge in [0.15, 0.2) is 5.69 Å². The van der Waals surface area contributed by atoms with E-state index in [0.717, 1.165) is 25.5 Å². The Morgan fingerprint density at radius 3 is 2.72 bits per heavy atom. The van der Waals surface area contributed by atoms with Gasteiger partial charge in [-0.05, 0) is 44.9 Å². The molecule has 0 saturated carbocycles. The molecular formula is C20H26F3N5O. The van der Waals surface area contributed by atoms with E-state index in [1.807, 2.05) is 13.8 Å². The third-order valence-electron chi connectivity index (χ3n) is 5.30. The topological polar surface area (TPSA) is 54.3 Å². The van der Waals surface area contributed by atoms with Crippen molar-refractivity contribution in [2.24, 2.45) is 0 Å². The molecule has 158 valence electrons. The first kappa shape index (κ1) is 21.3. The number of alkyl halides is 3. The van der Waals surface area contributed by atoms with Gasteiger partial charge in [-0.25, -0.2) is 4.68 Å². The summed E-state index contributed by atoms with van der Waals surface area (Å²) >= 11 is 0. The number of hydrogen-bond donors (Lipinski definition) is 0. The molecule has 9 heteroatoms. The van der Waals surface area contributed by atoms with Gasteiger partial charge in [-0.1, -0.05) is 23.4 Å². The van der Waals surface area contributed by atoms with Crippen molar-refractivity contribution in [1.29, 1.82) is 0 Å². The van der Waals surface area contributed by atoms with Gasteiger partial charge in [0, 0.05) is 26.2 Å². The first-order valence-corrected chi connectivity index (χ1v) is 9.91. The predicted molar refractivity (Wildman–Crippen MR) is 102 cm³/mol. The standard InChI is InChI=1S/C20H26F3N5O/c1-3-27(4-2)19(29)18-14-28(25-24-18)17-9-6-10-26(13-17)12-15-7-5-8-16(11-15)20(21,22)23/h5,7-8,11,14,17H,3-4,6,9-10,12-13H2,1-2H3. The van der Waals surface area contributed by atoms with Crippen LogP contribution in [0, 0.1) is 0 Å². The summed E-state index contributed by atoms with van der Waals surface area (Å²) in [6, 6.07) is 5.50. The third-order valence-corrected chi connectivity index (χ3v) is 5.30. The average Bonchev–Trinajstić information content (AvgIpc) is 3.19. The number of nitrogens with zero attached hydrogens (tertiary/aromatic N) is 5. The lowest BCUT2D eigenvalue weighted by Gasteiger charge is -2.32. The van der Waals surface area contributed by atoms with Crippen LogP contribution in [0.15, 0.2) is 30.5 Å². The Morgan fingerprint density at radius 2 is 2.03 bits per heavy atom. The van der Waals surface area contributed by atoms with E-state index in [0.29, 0.717) is 37.4 Å². The van der Waals surface area contributed by atoms with Crippen molar-refractivity contribution >= 4 is 5.91 Å². The second kappa shape index (κ2) is 8.94. The molecule has 1 atom stereocenters. The number of benzene rings is 1. The normalized spacial score (nSPS) is 18.0. The Labute approximate surface area is 168 Å². The Kier molecular flexibility index (Phi) is 6.56. The van der Waals surface area contributed by atoms with E-state index >= 15 is 0 Å². The fraction of sp³-hybridized carbons (Fsp3) is 0.550. The highest BCUT2D eigenvalue weighted by atomic mass is 19.4. The molecule has 1 fully saturated rings. The molecule has 1 aromatic heterocycles. The highest BCUT2D eigenvalue weighted by Crippen LogP contribution is 2.30. The molecule has 0 aliphatic carbocycles. The van der Waals surface area contributed by atoms with Gasteiger partial charge in [0.2, 0.25) is 0 Å². The number of carbonyl (C=O) groups excluding carboxylic acids is 1. The summed E-state index contributed by atoms with van der Waals surface area (Å²) < 4.78 is 40.5. The average molecular weight is 409 g/mol. The summed E-state index contributed by atoms with van der Waals surface area (Å²) in [5.41, 5.74) is 0.333. The number of carbonyl (C=O) groups is 1. The second-order valence-electron chi connectivity index (χ2n) is 7.29. The van der Waals surface area contributed by atoms with Crippen LogP contribution in [-0.4, -0.2) is 56.9 Å². The number of amides is 1. The van der Waals surface area contributed by atoms with Crippen molar-refractivity contribution in [3.05, 3.63) is 47.3 Å². The maximum absolute atomic E-state index is 12.9. The summed E-state index contributed by atoms with van der Waals surface area (Å²) in [4.78, 5) is 16.2. The van der Waals surface area contributed by atoms with Crippen LogP contribution in [0.3, 0.4) is 0 Å². The van der Waals surface area contributed by atoms with Crippen LogP contribution in [0.1, 0.15) is 54.3 Å². The maximum Gasteiger partial charge on any atom is 0.416 e. The minimum Gasteiger partial charge on any atom is -0.338 e. The first-order chi connectivity index (χ1) is 13.8. The van der Waals surface area contributed by atoms with Crippen molar-refractivity contribution in [1.82, 2.24) is 24.8 Å². The number of aromatic nitrogens is 3. The van der Waals surface area contributed by atoms with Crippen LogP contribution in [0.4, 0.5) is 13.2 Å². The predicted octanol–water partition coefficient (Wildman–Crippen LogP) is 3.62. The molecule has 1 saturated heterocycles. The Balaban J connectivity index is 1.66. The van der Waals surface area contributed by atoms with Gasteiger partial charge in [-0.15, -0.1) is 5.10 Å². The smallest absolute Gasteiger partial charge is 0.338 e. The molecule has 1 unspecified atom stereocenters. The number of piperidine rings is 1. The molecule has 0 bridgehead atoms. The van der Waals surface area contributed by atoms with Crippen molar-refractivity contribution in [2.75, 3.05) is 26.2 Å². The van der Waals surface area contributed by atoms with Crippen LogP contribution in [-0.2, 0) is 12.7 Å². The largest absolute Gasteiger partial charge is 0.416 e. The second-order valence-corrected chi connectivity index (χ2v) is 7.29. The summed E-state index contributed by atoms with van der Waals surface area (Å²) in [6.07, 6.45) is -0.863. The van der Waals surface area contributed by atoms with Gasteiger partial charge in [0.25, 0.3) is 5.91 Å². The summed E-state index contributed by atoms with van der Waals surface area (Å²) in [5.74, 6) is -0.141. The van der Waals surface area contributed by atoms with Crippen LogP contribution in [0.5, 0.6) is 0 Å². The fourth-order valence-corrected chi connectivity index (χ4v) is 3.72. The van der Waals surface area contributed by atoms with Crippen LogP contribution >= 0.6 is 0 Å². The molecule has 0 radical (unpaired) electrons. The van der Waals surface area contributed by atoms with Gasteiger partial charge in [-0.3, -0.25) is 9.69 Å². The quantitative estimate of drug-likeness (QED) is 0.731. The molecule has 1 amide bonds. The monoisotopic (exact) mass is 409 g/mol. The lowest BCUT2D eigenvalue weighted by molar-refractivity contribution is -0.137. The Hall–Kier alpha value is -2.42. The van der Waals surface area contributed by atoms with Crippen molar-refractivity contribution in [3.63, 3.8) is 0 Å². The summed E-state index contributed by atoms with van der Waals surface area (Å²) in [6.45, 7) is 6.95. The van der Waals surface area contributed by atoms with E-state index in [1.54, 1.807) is 21.8 Å². The van der Waals surface area contributed by atoms with E-state index in [9.17, 15) is 18.0 Å². The number of hydrogen-bond acceptors (Lipinski definition) is 4. The van der Waals surface area contributed by atoms with E-state index in [4.69, 9.17) is 0 Å². The first-order valence-electron chi connectivity index (χ1n) is 9.91. The number of rotatable bonds is 6. The van der Waals surface area contributed by atoms with Gasteiger partial charge >= 0.3 is 6.18 Å². The van der Waals surface area contributed by atoms with Crippen LogP contribution < -0.4 is 0 Å². The molecule has 3 rings (SSSR count). The zero-order valence-corrected chi connectivity index (χ0v) is 16.7. The van der Waals surface area contributed by atoms with E-state index in [-0.39, 0.29) is 11.9 Å². The van der Waals surface area contributed by atoms with E-state index < -0.39 is 11.7 Å². The van der Waals surface area contributed by atoms with E-state index in [1.165, 1.54) is 12.1 Å². The molecule has 2 heterocycles. The number of likely N-dealkylation sites (tertiary alicyclic amines) is 1. The minimum absolute atomic E-state index is 0.0419. The highest BCUT2D eigenvalue weighted by Gasteiger charge is 2.31. The van der Waals surface area contributed by atoms with Gasteiger partial charge in [-0.2, -0.15) is 13.2 Å². The number of halogens is 3. The molecule has 0 spiro atoms. The molecule has 1 aliphatic rings. The van der Waals surface area contributed by atoms with Gasteiger partial charge < -0.3 is 4.90 Å². The lowest BCUT2D eigenvalue weighted by atomic mass is 10.0.